The topological polar surface area (TPSA) is 37.3 Å². The highest BCUT2D eigenvalue weighted by Crippen LogP contribution is 2.42. The van der Waals surface area contributed by atoms with Crippen molar-refractivity contribution in [1.29, 1.82) is 0 Å². The minimum atomic E-state index is -0.623. The van der Waals surface area contributed by atoms with Gasteiger partial charge in [0.25, 0.3) is 0 Å². The summed E-state index contributed by atoms with van der Waals surface area (Å²) in [4.78, 5) is 12.7. The van der Waals surface area contributed by atoms with E-state index in [1.54, 1.807) is 11.8 Å². The summed E-state index contributed by atoms with van der Waals surface area (Å²) in [6.45, 7) is 6.41. The molecule has 1 saturated carbocycles. The number of aryl methyl sites for hydroxylation is 2. The smallest absolute Gasteiger partial charge is 0.307 e. The number of carboxylic acids is 1. The molecule has 3 heteroatoms. The zero-order valence-corrected chi connectivity index (χ0v) is 13.4. The fourth-order valence-corrected chi connectivity index (χ4v) is 4.61. The first-order chi connectivity index (χ1) is 9.51. The van der Waals surface area contributed by atoms with E-state index in [9.17, 15) is 9.90 Å². The van der Waals surface area contributed by atoms with Crippen LogP contribution in [0.15, 0.2) is 23.1 Å². The van der Waals surface area contributed by atoms with Crippen LogP contribution in [0.2, 0.25) is 0 Å². The SMILES string of the molecule is CCC1CCC(C(=O)O)C(Sc2cc(C)ccc2C)C1. The molecule has 1 aromatic carbocycles. The van der Waals surface area contributed by atoms with Crippen molar-refractivity contribution in [2.45, 2.75) is 56.6 Å². The van der Waals surface area contributed by atoms with Gasteiger partial charge in [-0.3, -0.25) is 4.79 Å². The van der Waals surface area contributed by atoms with Crippen LogP contribution >= 0.6 is 11.8 Å². The fraction of sp³-hybridized carbons (Fsp3) is 0.588. The van der Waals surface area contributed by atoms with Crippen molar-refractivity contribution in [1.82, 2.24) is 0 Å². The van der Waals surface area contributed by atoms with Crippen molar-refractivity contribution in [3.8, 4) is 0 Å². The van der Waals surface area contributed by atoms with E-state index < -0.39 is 5.97 Å². The largest absolute Gasteiger partial charge is 0.481 e. The minimum absolute atomic E-state index is 0.192. The Kier molecular flexibility index (Phi) is 5.14. The molecule has 2 rings (SSSR count). The molecule has 0 bridgehead atoms. The second kappa shape index (κ2) is 6.66. The third-order valence-corrected chi connectivity index (χ3v) is 5.93. The van der Waals surface area contributed by atoms with Crippen LogP contribution in [-0.2, 0) is 4.79 Å². The van der Waals surface area contributed by atoms with E-state index in [1.807, 2.05) is 0 Å². The Morgan fingerprint density at radius 1 is 1.35 bits per heavy atom. The van der Waals surface area contributed by atoms with Gasteiger partial charge in [-0.25, -0.2) is 0 Å². The van der Waals surface area contributed by atoms with E-state index in [2.05, 4.69) is 39.0 Å². The molecule has 0 saturated heterocycles. The Morgan fingerprint density at radius 3 is 2.75 bits per heavy atom. The highest BCUT2D eigenvalue weighted by Gasteiger charge is 2.35. The van der Waals surface area contributed by atoms with Crippen LogP contribution in [0.1, 0.15) is 43.7 Å². The Labute approximate surface area is 126 Å². The van der Waals surface area contributed by atoms with Gasteiger partial charge < -0.3 is 5.11 Å². The molecule has 3 unspecified atom stereocenters. The van der Waals surface area contributed by atoms with Crippen LogP contribution in [0.3, 0.4) is 0 Å². The monoisotopic (exact) mass is 292 g/mol. The summed E-state index contributed by atoms with van der Waals surface area (Å²) < 4.78 is 0. The Balaban J connectivity index is 2.18. The zero-order chi connectivity index (χ0) is 14.7. The maximum atomic E-state index is 11.5. The number of rotatable bonds is 4. The van der Waals surface area contributed by atoms with E-state index in [4.69, 9.17) is 0 Å². The lowest BCUT2D eigenvalue weighted by Gasteiger charge is -2.33. The number of aliphatic carboxylic acids is 1. The molecule has 20 heavy (non-hydrogen) atoms. The predicted octanol–water partition coefficient (Wildman–Crippen LogP) is 4.68. The van der Waals surface area contributed by atoms with Crippen LogP contribution in [0.5, 0.6) is 0 Å². The maximum Gasteiger partial charge on any atom is 0.307 e. The molecule has 0 amide bonds. The Morgan fingerprint density at radius 2 is 2.10 bits per heavy atom. The first-order valence-corrected chi connectivity index (χ1v) is 8.36. The number of hydrogen-bond acceptors (Lipinski definition) is 2. The Bertz CT molecular complexity index is 484. The molecule has 110 valence electrons. The maximum absolute atomic E-state index is 11.5. The molecule has 3 atom stereocenters. The number of carboxylic acid groups (broad SMARTS) is 1. The average Bonchev–Trinajstić information content (AvgIpc) is 2.42. The summed E-state index contributed by atoms with van der Waals surface area (Å²) in [6, 6.07) is 6.44. The lowest BCUT2D eigenvalue weighted by atomic mass is 9.80. The summed E-state index contributed by atoms with van der Waals surface area (Å²) in [5.74, 6) is -0.127. The summed E-state index contributed by atoms with van der Waals surface area (Å²) in [6.07, 6.45) is 4.09. The normalized spacial score (nSPS) is 26.4. The lowest BCUT2D eigenvalue weighted by molar-refractivity contribution is -0.142. The molecular formula is C17H24O2S. The number of thioether (sulfide) groups is 1. The quantitative estimate of drug-likeness (QED) is 0.876. The lowest BCUT2D eigenvalue weighted by Crippen LogP contribution is -2.32. The van der Waals surface area contributed by atoms with Gasteiger partial charge >= 0.3 is 5.97 Å². The summed E-state index contributed by atoms with van der Waals surface area (Å²) in [7, 11) is 0. The van der Waals surface area contributed by atoms with Gasteiger partial charge in [-0.05, 0) is 50.7 Å². The molecule has 1 aromatic rings. The average molecular weight is 292 g/mol. The van der Waals surface area contributed by atoms with E-state index >= 15 is 0 Å². The van der Waals surface area contributed by atoms with Gasteiger partial charge in [0.05, 0.1) is 5.92 Å². The van der Waals surface area contributed by atoms with Gasteiger partial charge in [-0.1, -0.05) is 31.0 Å². The molecule has 1 aliphatic carbocycles. The minimum Gasteiger partial charge on any atom is -0.481 e. The van der Waals surface area contributed by atoms with Crippen LogP contribution < -0.4 is 0 Å². The fourth-order valence-electron chi connectivity index (χ4n) is 2.99. The molecule has 0 aromatic heterocycles. The highest BCUT2D eigenvalue weighted by molar-refractivity contribution is 8.00. The molecule has 2 nitrogen and oxygen atoms in total. The zero-order valence-electron chi connectivity index (χ0n) is 12.6. The van der Waals surface area contributed by atoms with Gasteiger partial charge in [0, 0.05) is 10.1 Å². The summed E-state index contributed by atoms with van der Waals surface area (Å²) in [5, 5.41) is 9.67. The second-order valence-corrected chi connectivity index (χ2v) is 7.24. The van der Waals surface area contributed by atoms with Crippen molar-refractivity contribution >= 4 is 17.7 Å². The van der Waals surface area contributed by atoms with Gasteiger partial charge in [0.1, 0.15) is 0 Å². The van der Waals surface area contributed by atoms with E-state index in [0.29, 0.717) is 5.92 Å². The molecule has 0 heterocycles. The predicted molar refractivity (Wildman–Crippen MR) is 84.3 cm³/mol. The van der Waals surface area contributed by atoms with E-state index in [1.165, 1.54) is 16.0 Å². The van der Waals surface area contributed by atoms with Crippen LogP contribution in [0.4, 0.5) is 0 Å². The highest BCUT2D eigenvalue weighted by atomic mass is 32.2. The first-order valence-electron chi connectivity index (χ1n) is 7.48. The molecule has 0 radical (unpaired) electrons. The first kappa shape index (κ1) is 15.4. The summed E-state index contributed by atoms with van der Waals surface area (Å²) in [5.41, 5.74) is 2.50. The van der Waals surface area contributed by atoms with Crippen LogP contribution in [0.25, 0.3) is 0 Å². The van der Waals surface area contributed by atoms with Crippen molar-refractivity contribution < 1.29 is 9.90 Å². The van der Waals surface area contributed by atoms with Gasteiger partial charge in [0.15, 0.2) is 0 Å². The van der Waals surface area contributed by atoms with Gasteiger partial charge in [0.2, 0.25) is 0 Å². The van der Waals surface area contributed by atoms with Gasteiger partial charge in [-0.2, -0.15) is 0 Å². The van der Waals surface area contributed by atoms with Crippen LogP contribution in [-0.4, -0.2) is 16.3 Å². The molecular weight excluding hydrogens is 268 g/mol. The third kappa shape index (κ3) is 3.57. The molecule has 1 aliphatic rings. The van der Waals surface area contributed by atoms with Crippen molar-refractivity contribution in [2.75, 3.05) is 0 Å². The molecule has 1 fully saturated rings. The molecule has 0 spiro atoms. The summed E-state index contributed by atoms with van der Waals surface area (Å²) >= 11 is 1.78. The van der Waals surface area contributed by atoms with Crippen molar-refractivity contribution in [3.05, 3.63) is 29.3 Å². The Hall–Kier alpha value is -0.960. The van der Waals surface area contributed by atoms with Crippen LogP contribution in [0, 0.1) is 25.7 Å². The number of carbonyl (C=O) groups is 1. The van der Waals surface area contributed by atoms with Gasteiger partial charge in [-0.15, -0.1) is 11.8 Å². The van der Waals surface area contributed by atoms with Crippen molar-refractivity contribution in [2.24, 2.45) is 11.8 Å². The molecule has 1 N–H and O–H groups in total. The molecule has 0 aliphatic heterocycles. The number of hydrogen-bond donors (Lipinski definition) is 1. The van der Waals surface area contributed by atoms with E-state index in [0.717, 1.165) is 25.7 Å². The standard InChI is InChI=1S/C17H24O2S/c1-4-13-7-8-14(17(18)19)16(10-13)20-15-9-11(2)5-6-12(15)3/h5-6,9,13-14,16H,4,7-8,10H2,1-3H3,(H,18,19). The number of benzene rings is 1. The van der Waals surface area contributed by atoms with E-state index in [-0.39, 0.29) is 11.2 Å². The third-order valence-electron chi connectivity index (χ3n) is 4.42. The second-order valence-electron chi connectivity index (χ2n) is 5.96. The van der Waals surface area contributed by atoms with Crippen molar-refractivity contribution in [3.63, 3.8) is 0 Å².